The van der Waals surface area contributed by atoms with E-state index in [9.17, 15) is 4.79 Å². The Kier molecular flexibility index (Phi) is 5.21. The fraction of sp³-hybridized carbons (Fsp3) is 0.667. The molecular formula is C6H11O3. The molecule has 0 rings (SSSR count). The molecule has 0 aliphatic carbocycles. The zero-order valence-electron chi connectivity index (χ0n) is 5.50. The smallest absolute Gasteiger partial charge is 0.295 e. The Morgan fingerprint density at radius 2 is 2.44 bits per heavy atom. The Morgan fingerprint density at radius 3 is 2.78 bits per heavy atom. The zero-order chi connectivity index (χ0) is 7.11. The Hall–Kier alpha value is -0.570. The average Bonchev–Trinajstić information content (AvgIpc) is 1.88. The SMILES string of the molecule is [CH2]CC(OC=O)OCC. The van der Waals surface area contributed by atoms with Gasteiger partial charge in [0.2, 0.25) is 6.29 Å². The molecule has 1 unspecified atom stereocenters. The van der Waals surface area contributed by atoms with Crippen LogP contribution in [0.5, 0.6) is 0 Å². The summed E-state index contributed by atoms with van der Waals surface area (Å²) >= 11 is 0. The first-order valence-corrected chi connectivity index (χ1v) is 2.85. The van der Waals surface area contributed by atoms with E-state index >= 15 is 0 Å². The fourth-order valence-electron chi connectivity index (χ4n) is 0.439. The highest BCUT2D eigenvalue weighted by Crippen LogP contribution is 1.96. The monoisotopic (exact) mass is 131 g/mol. The molecule has 0 N–H and O–H groups in total. The molecular weight excluding hydrogens is 120 g/mol. The van der Waals surface area contributed by atoms with Gasteiger partial charge in [-0.25, -0.2) is 0 Å². The van der Waals surface area contributed by atoms with Crippen molar-refractivity contribution < 1.29 is 14.3 Å². The van der Waals surface area contributed by atoms with Crippen LogP contribution in [0, 0.1) is 6.92 Å². The molecule has 0 aromatic heterocycles. The Bertz CT molecular complexity index is 72.7. The lowest BCUT2D eigenvalue weighted by atomic mass is 10.5. The minimum atomic E-state index is -0.465. The van der Waals surface area contributed by atoms with E-state index in [1.807, 2.05) is 6.92 Å². The van der Waals surface area contributed by atoms with Crippen LogP contribution in [0.25, 0.3) is 0 Å². The third-order valence-electron chi connectivity index (χ3n) is 0.796. The summed E-state index contributed by atoms with van der Waals surface area (Å²) in [6.45, 7) is 6.25. The van der Waals surface area contributed by atoms with E-state index in [0.717, 1.165) is 0 Å². The molecule has 0 fully saturated rings. The van der Waals surface area contributed by atoms with Crippen LogP contribution in [0.15, 0.2) is 0 Å². The molecule has 3 heteroatoms. The first-order valence-electron chi connectivity index (χ1n) is 2.85. The second-order valence-corrected chi connectivity index (χ2v) is 1.41. The van der Waals surface area contributed by atoms with Crippen LogP contribution in [0.2, 0.25) is 0 Å². The van der Waals surface area contributed by atoms with Crippen molar-refractivity contribution in [1.29, 1.82) is 0 Å². The van der Waals surface area contributed by atoms with Crippen LogP contribution in [-0.2, 0) is 14.3 Å². The molecule has 0 aromatic carbocycles. The number of carbonyl (C=O) groups is 1. The van der Waals surface area contributed by atoms with Gasteiger partial charge in [-0.05, 0) is 13.8 Å². The van der Waals surface area contributed by atoms with Crippen LogP contribution < -0.4 is 0 Å². The molecule has 0 heterocycles. The van der Waals surface area contributed by atoms with E-state index in [0.29, 0.717) is 19.5 Å². The van der Waals surface area contributed by atoms with Gasteiger partial charge in [0.15, 0.2) is 0 Å². The molecule has 0 bridgehead atoms. The van der Waals surface area contributed by atoms with Crippen molar-refractivity contribution in [3.05, 3.63) is 6.92 Å². The van der Waals surface area contributed by atoms with Crippen LogP contribution in [0.4, 0.5) is 0 Å². The molecule has 0 aliphatic rings. The topological polar surface area (TPSA) is 35.5 Å². The first-order chi connectivity index (χ1) is 4.35. The molecule has 0 aliphatic heterocycles. The predicted molar refractivity (Wildman–Crippen MR) is 32.5 cm³/mol. The number of hydrogen-bond acceptors (Lipinski definition) is 3. The minimum Gasteiger partial charge on any atom is -0.438 e. The summed E-state index contributed by atoms with van der Waals surface area (Å²) in [6.07, 6.45) is -0.0143. The summed E-state index contributed by atoms with van der Waals surface area (Å²) in [5.74, 6) is 0. The molecule has 1 atom stereocenters. The predicted octanol–water partition coefficient (Wildman–Crippen LogP) is 0.746. The Balaban J connectivity index is 3.28. The standard InChI is InChI=1S/C6H11O3/c1-3-6(8-4-2)9-5-7/h5-6H,1,3-4H2,2H3. The Morgan fingerprint density at radius 1 is 1.78 bits per heavy atom. The number of ether oxygens (including phenoxy) is 2. The molecule has 9 heavy (non-hydrogen) atoms. The molecule has 53 valence electrons. The summed E-state index contributed by atoms with van der Waals surface area (Å²) in [5, 5.41) is 0. The van der Waals surface area contributed by atoms with Crippen molar-refractivity contribution in [2.45, 2.75) is 19.6 Å². The summed E-state index contributed by atoms with van der Waals surface area (Å²) in [5.41, 5.74) is 0. The van der Waals surface area contributed by atoms with Gasteiger partial charge in [-0.2, -0.15) is 0 Å². The quantitative estimate of drug-likeness (QED) is 0.408. The van der Waals surface area contributed by atoms with E-state index < -0.39 is 6.29 Å². The van der Waals surface area contributed by atoms with E-state index in [4.69, 9.17) is 4.74 Å². The van der Waals surface area contributed by atoms with Gasteiger partial charge in [0.1, 0.15) is 0 Å². The zero-order valence-corrected chi connectivity index (χ0v) is 5.50. The average molecular weight is 131 g/mol. The highest BCUT2D eigenvalue weighted by Gasteiger charge is 2.02. The van der Waals surface area contributed by atoms with Gasteiger partial charge in [0, 0.05) is 13.0 Å². The van der Waals surface area contributed by atoms with Gasteiger partial charge in [0.25, 0.3) is 6.47 Å². The lowest BCUT2D eigenvalue weighted by molar-refractivity contribution is -0.161. The highest BCUT2D eigenvalue weighted by atomic mass is 16.7. The minimum absolute atomic E-state index is 0.367. The Labute approximate surface area is 55.0 Å². The van der Waals surface area contributed by atoms with Crippen LogP contribution >= 0.6 is 0 Å². The summed E-state index contributed by atoms with van der Waals surface area (Å²) in [7, 11) is 0. The summed E-state index contributed by atoms with van der Waals surface area (Å²) in [6, 6.07) is 0. The summed E-state index contributed by atoms with van der Waals surface area (Å²) in [4.78, 5) is 9.72. The van der Waals surface area contributed by atoms with Gasteiger partial charge in [-0.1, -0.05) is 0 Å². The number of carbonyl (C=O) groups excluding carboxylic acids is 1. The number of hydrogen-bond donors (Lipinski definition) is 0. The van der Waals surface area contributed by atoms with Crippen molar-refractivity contribution in [3.63, 3.8) is 0 Å². The largest absolute Gasteiger partial charge is 0.438 e. The highest BCUT2D eigenvalue weighted by molar-refractivity contribution is 5.37. The maximum Gasteiger partial charge on any atom is 0.295 e. The van der Waals surface area contributed by atoms with Crippen LogP contribution in [-0.4, -0.2) is 19.4 Å². The maximum absolute atomic E-state index is 9.72. The van der Waals surface area contributed by atoms with Crippen molar-refractivity contribution >= 4 is 6.47 Å². The van der Waals surface area contributed by atoms with Crippen LogP contribution in [0.3, 0.4) is 0 Å². The molecule has 1 radical (unpaired) electrons. The molecule has 0 spiro atoms. The van der Waals surface area contributed by atoms with E-state index in [-0.39, 0.29) is 0 Å². The molecule has 0 saturated heterocycles. The van der Waals surface area contributed by atoms with Gasteiger partial charge < -0.3 is 9.47 Å². The van der Waals surface area contributed by atoms with E-state index in [1.54, 1.807) is 0 Å². The molecule has 0 saturated carbocycles. The summed E-state index contributed by atoms with van der Waals surface area (Å²) < 4.78 is 9.38. The van der Waals surface area contributed by atoms with Crippen molar-refractivity contribution in [2.75, 3.05) is 6.61 Å². The lowest BCUT2D eigenvalue weighted by Gasteiger charge is -2.10. The second-order valence-electron chi connectivity index (χ2n) is 1.41. The van der Waals surface area contributed by atoms with E-state index in [1.165, 1.54) is 0 Å². The lowest BCUT2D eigenvalue weighted by Crippen LogP contribution is -2.14. The van der Waals surface area contributed by atoms with Gasteiger partial charge in [0.05, 0.1) is 0 Å². The third-order valence-corrected chi connectivity index (χ3v) is 0.796. The van der Waals surface area contributed by atoms with Crippen LogP contribution in [0.1, 0.15) is 13.3 Å². The first kappa shape index (κ1) is 8.43. The number of rotatable bonds is 5. The molecule has 0 amide bonds. The van der Waals surface area contributed by atoms with Crippen molar-refractivity contribution in [1.82, 2.24) is 0 Å². The fourth-order valence-corrected chi connectivity index (χ4v) is 0.439. The van der Waals surface area contributed by atoms with Gasteiger partial charge in [-0.15, -0.1) is 0 Å². The second kappa shape index (κ2) is 5.56. The normalized spacial score (nSPS) is 12.7. The van der Waals surface area contributed by atoms with Gasteiger partial charge in [-0.3, -0.25) is 4.79 Å². The third kappa shape index (κ3) is 3.97. The molecule has 0 aromatic rings. The van der Waals surface area contributed by atoms with Crippen molar-refractivity contribution in [2.24, 2.45) is 0 Å². The van der Waals surface area contributed by atoms with Crippen molar-refractivity contribution in [3.8, 4) is 0 Å². The van der Waals surface area contributed by atoms with E-state index in [2.05, 4.69) is 11.7 Å². The molecule has 3 nitrogen and oxygen atoms in total. The maximum atomic E-state index is 9.72. The van der Waals surface area contributed by atoms with Gasteiger partial charge >= 0.3 is 0 Å².